The number of aryl methyl sites for hydroxylation is 1. The smallest absolute Gasteiger partial charge is 0.232 e. The predicted octanol–water partition coefficient (Wildman–Crippen LogP) is 4.76. The third-order valence-electron chi connectivity index (χ3n) is 5.03. The van der Waals surface area contributed by atoms with Crippen LogP contribution in [0.5, 0.6) is 0 Å². The van der Waals surface area contributed by atoms with Crippen molar-refractivity contribution in [3.05, 3.63) is 107 Å². The van der Waals surface area contributed by atoms with E-state index in [1.165, 1.54) is 6.07 Å². The molecule has 130 valence electrons. The minimum atomic E-state index is -0.359. The lowest BCUT2D eigenvalue weighted by Crippen LogP contribution is -2.32. The van der Waals surface area contributed by atoms with Gasteiger partial charge in [-0.15, -0.1) is 0 Å². The quantitative estimate of drug-likeness (QED) is 0.726. The van der Waals surface area contributed by atoms with Gasteiger partial charge in [0.2, 0.25) is 5.91 Å². The number of nitrogens with one attached hydrogen (secondary N) is 1. The number of fused-ring (bicyclic) bond motifs is 1. The lowest BCUT2D eigenvalue weighted by Gasteiger charge is -2.21. The number of carbonyl (C=O) groups excluding carboxylic acids is 1. The summed E-state index contributed by atoms with van der Waals surface area (Å²) in [5.74, 6) is -0.603. The summed E-state index contributed by atoms with van der Waals surface area (Å²) in [6.07, 6.45) is 1.60. The Morgan fingerprint density at radius 3 is 2.15 bits per heavy atom. The molecule has 4 rings (SSSR count). The zero-order chi connectivity index (χ0) is 17.9. The van der Waals surface area contributed by atoms with Crippen molar-refractivity contribution in [3.8, 4) is 0 Å². The molecule has 0 heterocycles. The van der Waals surface area contributed by atoms with Crippen LogP contribution in [0.15, 0.2) is 78.9 Å². The number of halogens is 1. The maximum Gasteiger partial charge on any atom is 0.232 e. The van der Waals surface area contributed by atoms with Crippen molar-refractivity contribution in [2.24, 2.45) is 0 Å². The molecule has 1 unspecified atom stereocenters. The van der Waals surface area contributed by atoms with Gasteiger partial charge in [-0.1, -0.05) is 66.7 Å². The van der Waals surface area contributed by atoms with Crippen LogP contribution in [0.1, 0.15) is 40.6 Å². The molecule has 0 fully saturated rings. The zero-order valence-corrected chi connectivity index (χ0v) is 14.4. The molecule has 2 nitrogen and oxygen atoms in total. The molecule has 1 N–H and O–H groups in total. The van der Waals surface area contributed by atoms with Gasteiger partial charge in [0.05, 0.1) is 12.0 Å². The number of carbonyl (C=O) groups is 1. The van der Waals surface area contributed by atoms with Crippen LogP contribution in [0, 0.1) is 5.82 Å². The zero-order valence-electron chi connectivity index (χ0n) is 14.4. The Hall–Kier alpha value is -2.94. The standard InChI is InChI=1S/C23H20FNO/c24-19-12-13-20-18(15-19)11-14-21(20)25-23(26)22(16-7-3-1-4-8-16)17-9-5-2-6-10-17/h1-10,12-13,15,21-22H,11,14H2,(H,25,26). The highest BCUT2D eigenvalue weighted by Crippen LogP contribution is 2.33. The highest BCUT2D eigenvalue weighted by molar-refractivity contribution is 5.87. The van der Waals surface area contributed by atoms with E-state index in [-0.39, 0.29) is 23.7 Å². The van der Waals surface area contributed by atoms with Gasteiger partial charge in [-0.3, -0.25) is 4.79 Å². The van der Waals surface area contributed by atoms with E-state index in [1.54, 1.807) is 12.1 Å². The molecule has 1 atom stereocenters. The Balaban J connectivity index is 1.63. The summed E-state index contributed by atoms with van der Waals surface area (Å²) in [5, 5.41) is 3.19. The first-order valence-electron chi connectivity index (χ1n) is 8.91. The van der Waals surface area contributed by atoms with E-state index in [1.807, 2.05) is 60.7 Å². The van der Waals surface area contributed by atoms with Gasteiger partial charge >= 0.3 is 0 Å². The van der Waals surface area contributed by atoms with Gasteiger partial charge in [-0.2, -0.15) is 0 Å². The molecular weight excluding hydrogens is 325 g/mol. The fraction of sp³-hybridized carbons (Fsp3) is 0.174. The maximum atomic E-state index is 13.4. The van der Waals surface area contributed by atoms with Crippen molar-refractivity contribution < 1.29 is 9.18 Å². The molecule has 0 bridgehead atoms. The molecule has 0 radical (unpaired) electrons. The fourth-order valence-electron chi connectivity index (χ4n) is 3.78. The normalized spacial score (nSPS) is 15.7. The summed E-state index contributed by atoms with van der Waals surface area (Å²) >= 11 is 0. The van der Waals surface area contributed by atoms with Crippen molar-refractivity contribution >= 4 is 5.91 Å². The van der Waals surface area contributed by atoms with Crippen molar-refractivity contribution in [1.29, 1.82) is 0 Å². The maximum absolute atomic E-state index is 13.4. The van der Waals surface area contributed by atoms with Crippen LogP contribution in [0.4, 0.5) is 4.39 Å². The monoisotopic (exact) mass is 345 g/mol. The highest BCUT2D eigenvalue weighted by atomic mass is 19.1. The number of hydrogen-bond acceptors (Lipinski definition) is 1. The molecule has 3 aromatic carbocycles. The van der Waals surface area contributed by atoms with Gasteiger partial charge in [0.1, 0.15) is 5.82 Å². The number of amides is 1. The van der Waals surface area contributed by atoms with Crippen molar-refractivity contribution in [2.45, 2.75) is 24.8 Å². The van der Waals surface area contributed by atoms with Crippen LogP contribution in [0.25, 0.3) is 0 Å². The molecule has 1 amide bonds. The van der Waals surface area contributed by atoms with Crippen LogP contribution < -0.4 is 5.32 Å². The van der Waals surface area contributed by atoms with Gasteiger partial charge in [0.25, 0.3) is 0 Å². The summed E-state index contributed by atoms with van der Waals surface area (Å²) < 4.78 is 13.4. The molecule has 1 aliphatic rings. The first-order valence-corrected chi connectivity index (χ1v) is 8.91. The van der Waals surface area contributed by atoms with E-state index in [0.29, 0.717) is 0 Å². The SMILES string of the molecule is O=C(NC1CCc2cc(F)ccc21)C(c1ccccc1)c1ccccc1. The first kappa shape index (κ1) is 16.5. The molecule has 26 heavy (non-hydrogen) atoms. The lowest BCUT2D eigenvalue weighted by atomic mass is 9.90. The molecule has 3 aromatic rings. The molecule has 3 heteroatoms. The summed E-state index contributed by atoms with van der Waals surface area (Å²) in [7, 11) is 0. The Bertz CT molecular complexity index is 869. The second-order valence-corrected chi connectivity index (χ2v) is 6.70. The minimum absolute atomic E-state index is 0.0235. The predicted molar refractivity (Wildman–Crippen MR) is 100 cm³/mol. The number of benzene rings is 3. The number of rotatable bonds is 4. The third-order valence-corrected chi connectivity index (χ3v) is 5.03. The minimum Gasteiger partial charge on any atom is -0.348 e. The molecule has 0 saturated carbocycles. The van der Waals surface area contributed by atoms with E-state index in [0.717, 1.165) is 35.1 Å². The van der Waals surface area contributed by atoms with Gasteiger partial charge in [-0.25, -0.2) is 4.39 Å². The summed E-state index contributed by atoms with van der Waals surface area (Å²) in [5.41, 5.74) is 3.95. The molecule has 0 aromatic heterocycles. The van der Waals surface area contributed by atoms with Crippen LogP contribution in [0.3, 0.4) is 0 Å². The van der Waals surface area contributed by atoms with Gasteiger partial charge in [0.15, 0.2) is 0 Å². The second kappa shape index (κ2) is 7.12. The lowest BCUT2D eigenvalue weighted by molar-refractivity contribution is -0.122. The molecule has 1 aliphatic carbocycles. The molecule has 0 saturated heterocycles. The van der Waals surface area contributed by atoms with Crippen LogP contribution in [0.2, 0.25) is 0 Å². The van der Waals surface area contributed by atoms with E-state index >= 15 is 0 Å². The van der Waals surface area contributed by atoms with E-state index in [2.05, 4.69) is 5.32 Å². The van der Waals surface area contributed by atoms with Crippen LogP contribution in [-0.4, -0.2) is 5.91 Å². The van der Waals surface area contributed by atoms with E-state index < -0.39 is 0 Å². The summed E-state index contributed by atoms with van der Waals surface area (Å²) in [6, 6.07) is 24.4. The van der Waals surface area contributed by atoms with Crippen molar-refractivity contribution in [1.82, 2.24) is 5.32 Å². The molecule has 0 spiro atoms. The largest absolute Gasteiger partial charge is 0.348 e. The topological polar surface area (TPSA) is 29.1 Å². The van der Waals surface area contributed by atoms with E-state index in [9.17, 15) is 9.18 Å². The van der Waals surface area contributed by atoms with Gasteiger partial charge in [0, 0.05) is 0 Å². The van der Waals surface area contributed by atoms with Crippen LogP contribution >= 0.6 is 0 Å². The fourth-order valence-corrected chi connectivity index (χ4v) is 3.78. The average Bonchev–Trinajstić information content (AvgIpc) is 3.05. The Morgan fingerprint density at radius 1 is 0.923 bits per heavy atom. The van der Waals surface area contributed by atoms with Crippen molar-refractivity contribution in [3.63, 3.8) is 0 Å². The Morgan fingerprint density at radius 2 is 1.54 bits per heavy atom. The highest BCUT2D eigenvalue weighted by Gasteiger charge is 2.29. The van der Waals surface area contributed by atoms with E-state index in [4.69, 9.17) is 0 Å². The average molecular weight is 345 g/mol. The summed E-state index contributed by atoms with van der Waals surface area (Å²) in [6.45, 7) is 0. The van der Waals surface area contributed by atoms with Crippen molar-refractivity contribution in [2.75, 3.05) is 0 Å². The molecular formula is C23H20FNO. The first-order chi connectivity index (χ1) is 12.7. The van der Waals surface area contributed by atoms with Crippen LogP contribution in [-0.2, 0) is 11.2 Å². The Kier molecular flexibility index (Phi) is 4.53. The Labute approximate surface area is 152 Å². The van der Waals surface area contributed by atoms with Gasteiger partial charge in [-0.05, 0) is 47.2 Å². The van der Waals surface area contributed by atoms with Gasteiger partial charge < -0.3 is 5.32 Å². The second-order valence-electron chi connectivity index (χ2n) is 6.70. The molecule has 0 aliphatic heterocycles. The number of hydrogen-bond donors (Lipinski definition) is 1. The third kappa shape index (κ3) is 3.25. The summed E-state index contributed by atoms with van der Waals surface area (Å²) in [4.78, 5) is 13.2.